The van der Waals surface area contributed by atoms with Gasteiger partial charge >= 0.3 is 0 Å². The first-order valence-electron chi connectivity index (χ1n) is 6.82. The molecule has 3 nitrogen and oxygen atoms in total. The maximum atomic E-state index is 4.59. The van der Waals surface area contributed by atoms with Gasteiger partial charge in [-0.1, -0.05) is 15.9 Å². The van der Waals surface area contributed by atoms with E-state index in [0.717, 1.165) is 23.2 Å². The van der Waals surface area contributed by atoms with Gasteiger partial charge in [-0.25, -0.2) is 9.97 Å². The van der Waals surface area contributed by atoms with Crippen molar-refractivity contribution in [3.05, 3.63) is 17.3 Å². The summed E-state index contributed by atoms with van der Waals surface area (Å²) in [6.07, 6.45) is 6.80. The van der Waals surface area contributed by atoms with Gasteiger partial charge in [0, 0.05) is 17.9 Å². The molecule has 102 valence electrons. The van der Waals surface area contributed by atoms with Gasteiger partial charge in [-0.15, -0.1) is 11.3 Å². The number of fused-ring (bicyclic) bond motifs is 1. The molecule has 0 saturated carbocycles. The van der Waals surface area contributed by atoms with Crippen molar-refractivity contribution >= 4 is 43.3 Å². The molecule has 0 spiro atoms. The Hall–Kier alpha value is -0.680. The largest absolute Gasteiger partial charge is 0.352 e. The highest BCUT2D eigenvalue weighted by Gasteiger charge is 2.25. The second-order valence-electron chi connectivity index (χ2n) is 5.11. The van der Waals surface area contributed by atoms with E-state index < -0.39 is 0 Å². The molecule has 0 N–H and O–H groups in total. The number of thiophene rings is 1. The number of nitrogens with zero attached hydrogens (tertiary/aromatic N) is 3. The molecule has 1 aliphatic heterocycles. The lowest BCUT2D eigenvalue weighted by atomic mass is 10.00. The molecule has 0 bridgehead atoms. The van der Waals surface area contributed by atoms with Gasteiger partial charge in [0.25, 0.3) is 0 Å². The van der Waals surface area contributed by atoms with E-state index in [1.165, 1.54) is 35.9 Å². The summed E-state index contributed by atoms with van der Waals surface area (Å²) in [5.41, 5.74) is 2.39. The van der Waals surface area contributed by atoms with Gasteiger partial charge in [0.15, 0.2) is 0 Å². The summed E-state index contributed by atoms with van der Waals surface area (Å²) >= 11 is 5.36. The minimum atomic E-state index is 0.619. The van der Waals surface area contributed by atoms with Crippen molar-refractivity contribution in [1.29, 1.82) is 0 Å². The number of aryl methyl sites for hydroxylation is 1. The average molecular weight is 340 g/mol. The van der Waals surface area contributed by atoms with Crippen LogP contribution in [0.3, 0.4) is 0 Å². The van der Waals surface area contributed by atoms with E-state index in [2.05, 4.69) is 43.1 Å². The first-order valence-corrected chi connectivity index (χ1v) is 8.83. The van der Waals surface area contributed by atoms with Gasteiger partial charge in [0.2, 0.25) is 0 Å². The Labute approximate surface area is 126 Å². The molecule has 2 aromatic heterocycles. The van der Waals surface area contributed by atoms with Crippen LogP contribution in [0.5, 0.6) is 0 Å². The lowest BCUT2D eigenvalue weighted by molar-refractivity contribution is 0.450. The third-order valence-electron chi connectivity index (χ3n) is 3.85. The molecule has 0 amide bonds. The van der Waals surface area contributed by atoms with E-state index in [1.807, 2.05) is 0 Å². The van der Waals surface area contributed by atoms with Crippen LogP contribution < -0.4 is 4.90 Å². The summed E-state index contributed by atoms with van der Waals surface area (Å²) < 4.78 is 1.25. The first kappa shape index (κ1) is 13.3. The van der Waals surface area contributed by atoms with Crippen LogP contribution in [0.2, 0.25) is 0 Å². The van der Waals surface area contributed by atoms with Crippen LogP contribution in [-0.4, -0.2) is 27.9 Å². The van der Waals surface area contributed by atoms with Crippen molar-refractivity contribution in [2.75, 3.05) is 16.8 Å². The van der Waals surface area contributed by atoms with Crippen LogP contribution in [0.4, 0.5) is 5.82 Å². The lowest BCUT2D eigenvalue weighted by Crippen LogP contribution is -2.40. The highest BCUT2D eigenvalue weighted by Crippen LogP contribution is 2.34. The van der Waals surface area contributed by atoms with Crippen LogP contribution in [0.25, 0.3) is 10.2 Å². The molecule has 1 saturated heterocycles. The number of rotatable bonds is 3. The first-order chi connectivity index (χ1) is 9.31. The van der Waals surface area contributed by atoms with Crippen LogP contribution in [0.15, 0.2) is 11.7 Å². The SMILES string of the molecule is Cc1csc2c(N3CCCCC3CCBr)ncnc12. The third kappa shape index (κ3) is 2.50. The van der Waals surface area contributed by atoms with Gasteiger partial charge in [0.1, 0.15) is 12.1 Å². The Balaban J connectivity index is 2.01. The number of hydrogen-bond acceptors (Lipinski definition) is 4. The van der Waals surface area contributed by atoms with Crippen molar-refractivity contribution in [2.24, 2.45) is 0 Å². The Bertz CT molecular complexity index is 567. The van der Waals surface area contributed by atoms with E-state index in [-0.39, 0.29) is 0 Å². The number of halogens is 1. The predicted octanol–water partition coefficient (Wildman–Crippen LogP) is 4.14. The molecular formula is C14H18BrN3S. The molecule has 2 aromatic rings. The molecule has 0 aliphatic carbocycles. The van der Waals surface area contributed by atoms with Crippen molar-refractivity contribution in [3.63, 3.8) is 0 Å². The van der Waals surface area contributed by atoms with Crippen molar-refractivity contribution in [1.82, 2.24) is 9.97 Å². The summed E-state index contributed by atoms with van der Waals surface area (Å²) in [5.74, 6) is 1.15. The molecule has 3 rings (SSSR count). The number of anilines is 1. The normalized spacial score (nSPS) is 20.1. The van der Waals surface area contributed by atoms with E-state index >= 15 is 0 Å². The van der Waals surface area contributed by atoms with Crippen molar-refractivity contribution < 1.29 is 0 Å². The quantitative estimate of drug-likeness (QED) is 0.786. The Morgan fingerprint density at radius 3 is 3.16 bits per heavy atom. The molecule has 1 fully saturated rings. The summed E-state index contributed by atoms with van der Waals surface area (Å²) in [5, 5.41) is 3.25. The van der Waals surface area contributed by atoms with E-state index in [4.69, 9.17) is 0 Å². The summed E-state index contributed by atoms with van der Waals surface area (Å²) in [4.78, 5) is 11.5. The van der Waals surface area contributed by atoms with E-state index in [9.17, 15) is 0 Å². The fraction of sp³-hybridized carbons (Fsp3) is 0.571. The Kier molecular flexibility index (Phi) is 4.03. The Morgan fingerprint density at radius 2 is 2.32 bits per heavy atom. The van der Waals surface area contributed by atoms with Crippen LogP contribution in [-0.2, 0) is 0 Å². The van der Waals surface area contributed by atoms with Crippen molar-refractivity contribution in [3.8, 4) is 0 Å². The minimum absolute atomic E-state index is 0.619. The smallest absolute Gasteiger partial charge is 0.150 e. The number of hydrogen-bond donors (Lipinski definition) is 0. The maximum absolute atomic E-state index is 4.59. The average Bonchev–Trinajstić information content (AvgIpc) is 2.82. The molecule has 0 radical (unpaired) electrons. The Morgan fingerprint density at radius 1 is 1.42 bits per heavy atom. The molecule has 5 heteroatoms. The highest BCUT2D eigenvalue weighted by molar-refractivity contribution is 9.09. The molecule has 3 heterocycles. The third-order valence-corrected chi connectivity index (χ3v) is 5.39. The van der Waals surface area contributed by atoms with E-state index in [1.54, 1.807) is 17.7 Å². The topological polar surface area (TPSA) is 29.0 Å². The van der Waals surface area contributed by atoms with Gasteiger partial charge in [0.05, 0.1) is 10.2 Å². The van der Waals surface area contributed by atoms with Gasteiger partial charge in [-0.3, -0.25) is 0 Å². The lowest BCUT2D eigenvalue weighted by Gasteiger charge is -2.36. The van der Waals surface area contributed by atoms with Crippen LogP contribution >= 0.6 is 27.3 Å². The van der Waals surface area contributed by atoms with E-state index in [0.29, 0.717) is 6.04 Å². The minimum Gasteiger partial charge on any atom is -0.352 e. The molecule has 1 atom stereocenters. The maximum Gasteiger partial charge on any atom is 0.150 e. The molecular weight excluding hydrogens is 322 g/mol. The highest BCUT2D eigenvalue weighted by atomic mass is 79.9. The second kappa shape index (κ2) is 5.75. The number of piperidine rings is 1. The zero-order valence-electron chi connectivity index (χ0n) is 11.1. The number of alkyl halides is 1. The van der Waals surface area contributed by atoms with Gasteiger partial charge in [-0.2, -0.15) is 0 Å². The van der Waals surface area contributed by atoms with Crippen LogP contribution in [0.1, 0.15) is 31.2 Å². The fourth-order valence-corrected chi connectivity index (χ4v) is 4.40. The second-order valence-corrected chi connectivity index (χ2v) is 6.79. The summed E-state index contributed by atoms with van der Waals surface area (Å²) in [7, 11) is 0. The predicted molar refractivity (Wildman–Crippen MR) is 85.5 cm³/mol. The molecule has 19 heavy (non-hydrogen) atoms. The summed E-state index contributed by atoms with van der Waals surface area (Å²) in [6.45, 7) is 3.25. The monoisotopic (exact) mass is 339 g/mol. The molecule has 1 unspecified atom stereocenters. The standard InChI is InChI=1S/C14H18BrN3S/c1-10-8-19-13-12(10)16-9-17-14(13)18-7-3-2-4-11(18)5-6-15/h8-9,11H,2-7H2,1H3. The van der Waals surface area contributed by atoms with Gasteiger partial charge < -0.3 is 4.90 Å². The molecule has 1 aliphatic rings. The number of aromatic nitrogens is 2. The van der Waals surface area contributed by atoms with Gasteiger partial charge in [-0.05, 0) is 43.6 Å². The zero-order valence-corrected chi connectivity index (χ0v) is 13.5. The van der Waals surface area contributed by atoms with Crippen molar-refractivity contribution in [2.45, 2.75) is 38.6 Å². The summed E-state index contributed by atoms with van der Waals surface area (Å²) in [6, 6.07) is 0.619. The fourth-order valence-electron chi connectivity index (χ4n) is 2.87. The zero-order chi connectivity index (χ0) is 13.2. The molecule has 0 aromatic carbocycles. The van der Waals surface area contributed by atoms with Crippen LogP contribution in [0, 0.1) is 6.92 Å².